The fourth-order valence-electron chi connectivity index (χ4n) is 1.77. The lowest BCUT2D eigenvalue weighted by Gasteiger charge is -2.36. The predicted octanol–water partition coefficient (Wildman–Crippen LogP) is -1.67. The summed E-state index contributed by atoms with van der Waals surface area (Å²) in [4.78, 5) is 9.00. The van der Waals surface area contributed by atoms with Crippen LogP contribution in [0.4, 0.5) is 0 Å². The largest absolute Gasteiger partial charge is 0.388 e. The molecule has 1 fully saturated rings. The van der Waals surface area contributed by atoms with Gasteiger partial charge in [0.2, 0.25) is 0 Å². The molecule has 1 rings (SSSR count). The Morgan fingerprint density at radius 2 is 2.11 bits per heavy atom. The van der Waals surface area contributed by atoms with Gasteiger partial charge in [0, 0.05) is 28.8 Å². The molecule has 0 aromatic heterocycles. The lowest BCUT2D eigenvalue weighted by atomic mass is 9.99. The first kappa shape index (κ1) is 16.8. The van der Waals surface area contributed by atoms with Crippen molar-refractivity contribution in [3.63, 3.8) is 0 Å². The summed E-state index contributed by atoms with van der Waals surface area (Å²) in [7, 11) is -0.965. The molecule has 4 atom stereocenters. The molecule has 0 aromatic carbocycles. The van der Waals surface area contributed by atoms with E-state index < -0.39 is 34.1 Å². The molecule has 0 aliphatic carbocycles. The van der Waals surface area contributed by atoms with Gasteiger partial charge in [0.15, 0.2) is 0 Å². The van der Waals surface area contributed by atoms with E-state index in [0.29, 0.717) is 6.54 Å². The third-order valence-electron chi connectivity index (χ3n) is 2.62. The van der Waals surface area contributed by atoms with E-state index in [4.69, 9.17) is 4.74 Å². The van der Waals surface area contributed by atoms with Gasteiger partial charge in [-0.1, -0.05) is 0 Å². The molecule has 3 N–H and O–H groups in total. The lowest BCUT2D eigenvalue weighted by molar-refractivity contribution is -0.278. The molecule has 1 aliphatic rings. The molecule has 0 bridgehead atoms. The monoisotopic (exact) mass is 298 g/mol. The molecule has 1 heterocycles. The van der Waals surface area contributed by atoms with Gasteiger partial charge in [-0.3, -0.25) is 9.53 Å². The summed E-state index contributed by atoms with van der Waals surface area (Å²) in [6.07, 6.45) is 0.180. The number of rotatable bonds is 6. The minimum absolute atomic E-state index is 0.119. The van der Waals surface area contributed by atoms with E-state index in [2.05, 4.69) is 19.5 Å². The molecule has 0 spiro atoms. The summed E-state index contributed by atoms with van der Waals surface area (Å²) >= 11 is 0. The quantitative estimate of drug-likeness (QED) is 0.233. The van der Waals surface area contributed by atoms with E-state index in [1.54, 1.807) is 0 Å². The zero-order valence-corrected chi connectivity index (χ0v) is 12.1. The van der Waals surface area contributed by atoms with Crippen molar-refractivity contribution in [2.24, 2.45) is 4.36 Å². The summed E-state index contributed by atoms with van der Waals surface area (Å²) < 4.78 is 21.0. The van der Waals surface area contributed by atoms with Crippen molar-refractivity contribution in [1.29, 1.82) is 0 Å². The van der Waals surface area contributed by atoms with Gasteiger partial charge in [-0.15, -0.1) is 0 Å². The van der Waals surface area contributed by atoms with E-state index in [1.807, 2.05) is 0 Å². The van der Waals surface area contributed by atoms with Crippen LogP contribution in [0.5, 0.6) is 0 Å². The third-order valence-corrected chi connectivity index (χ3v) is 3.40. The highest BCUT2D eigenvalue weighted by atomic mass is 32.2. The molecule has 0 radical (unpaired) electrons. The van der Waals surface area contributed by atoms with Crippen LogP contribution in [0.1, 0.15) is 0 Å². The Morgan fingerprint density at radius 1 is 1.42 bits per heavy atom. The Morgan fingerprint density at radius 3 is 2.68 bits per heavy atom. The van der Waals surface area contributed by atoms with Crippen molar-refractivity contribution in [1.82, 2.24) is 5.32 Å². The van der Waals surface area contributed by atoms with Crippen LogP contribution in [-0.4, -0.2) is 78.3 Å². The summed E-state index contributed by atoms with van der Waals surface area (Å²) in [5.41, 5.74) is 0. The maximum atomic E-state index is 11.6. The van der Waals surface area contributed by atoms with Crippen molar-refractivity contribution in [3.05, 3.63) is 0 Å². The van der Waals surface area contributed by atoms with Crippen LogP contribution in [0.2, 0.25) is 0 Å². The molecule has 114 valence electrons. The van der Waals surface area contributed by atoms with Crippen LogP contribution in [0, 0.1) is 0 Å². The smallest absolute Gasteiger partial charge is 0.133 e. The number of aliphatic hydroxyl groups is 2. The van der Waals surface area contributed by atoms with E-state index in [9.17, 15) is 14.4 Å². The molecule has 1 unspecified atom stereocenters. The normalized spacial score (nSPS) is 32.3. The van der Waals surface area contributed by atoms with Crippen LogP contribution in [0.15, 0.2) is 4.36 Å². The molecule has 0 amide bonds. The van der Waals surface area contributed by atoms with Crippen LogP contribution < -0.4 is 5.32 Å². The van der Waals surface area contributed by atoms with E-state index in [0.717, 1.165) is 0 Å². The van der Waals surface area contributed by atoms with Crippen molar-refractivity contribution in [2.75, 3.05) is 39.5 Å². The zero-order chi connectivity index (χ0) is 14.5. The fourth-order valence-corrected chi connectivity index (χ4v) is 2.60. The predicted molar refractivity (Wildman–Crippen MR) is 68.9 cm³/mol. The molecule has 9 heteroatoms. The Bertz CT molecular complexity index is 376. The Hall–Kier alpha value is -0.290. The number of aliphatic hydroxyl groups excluding tert-OH is 2. The van der Waals surface area contributed by atoms with E-state index in [-0.39, 0.29) is 13.3 Å². The summed E-state index contributed by atoms with van der Waals surface area (Å²) in [6.45, 7) is 0.557. The second-order valence-corrected chi connectivity index (χ2v) is 7.16. The van der Waals surface area contributed by atoms with E-state index in [1.165, 1.54) is 19.6 Å². The first-order valence-corrected chi connectivity index (χ1v) is 8.18. The van der Waals surface area contributed by atoms with Crippen LogP contribution in [0.3, 0.4) is 0 Å². The molecular weight excluding hydrogens is 276 g/mol. The minimum Gasteiger partial charge on any atom is -0.388 e. The summed E-state index contributed by atoms with van der Waals surface area (Å²) in [6, 6.07) is -0.677. The second-order valence-electron chi connectivity index (χ2n) is 4.59. The maximum absolute atomic E-state index is 11.6. The van der Waals surface area contributed by atoms with Gasteiger partial charge in [0.25, 0.3) is 0 Å². The van der Waals surface area contributed by atoms with Gasteiger partial charge < -0.3 is 14.9 Å². The zero-order valence-electron chi connectivity index (χ0n) is 11.3. The number of nitrogens with zero attached hydrogens (tertiary/aromatic N) is 1. The molecule has 19 heavy (non-hydrogen) atoms. The molecule has 8 nitrogen and oxygen atoms in total. The topological polar surface area (TPSA) is 110 Å². The molecular formula is C10H22N2O6S. The highest BCUT2D eigenvalue weighted by molar-refractivity contribution is 7.92. The SMILES string of the molecule is COOCNCC1OC[C@H](N=S(C)(C)=O)[C@@H](O)[C@H]1O. The highest BCUT2D eigenvalue weighted by Gasteiger charge is 2.38. The lowest BCUT2D eigenvalue weighted by Crippen LogP contribution is -2.55. The second kappa shape index (κ2) is 7.48. The van der Waals surface area contributed by atoms with Crippen LogP contribution >= 0.6 is 0 Å². The van der Waals surface area contributed by atoms with Gasteiger partial charge in [-0.05, 0) is 0 Å². The van der Waals surface area contributed by atoms with E-state index >= 15 is 0 Å². The van der Waals surface area contributed by atoms with Crippen molar-refractivity contribution in [3.8, 4) is 0 Å². The van der Waals surface area contributed by atoms with Crippen LogP contribution in [0.25, 0.3) is 0 Å². The first-order chi connectivity index (χ1) is 8.85. The Kier molecular flexibility index (Phi) is 6.60. The average Bonchev–Trinajstić information content (AvgIpc) is 2.31. The fraction of sp³-hybridized carbons (Fsp3) is 1.00. The average molecular weight is 298 g/mol. The Labute approximate surface area is 113 Å². The number of ether oxygens (including phenoxy) is 1. The standard InChI is InChI=1S/C10H22N2O6S/c1-16-18-6-11-4-8-10(14)9(13)7(5-17-8)12-19(2,3)15/h7-11,13-14H,4-6H2,1-3H3/t7-,8?,9+,10-/m0/s1. The van der Waals surface area contributed by atoms with Crippen molar-refractivity contribution in [2.45, 2.75) is 24.4 Å². The third kappa shape index (κ3) is 5.69. The summed E-state index contributed by atoms with van der Waals surface area (Å²) in [5, 5.41) is 22.7. The number of hydrogen-bond acceptors (Lipinski definition) is 8. The van der Waals surface area contributed by atoms with Crippen molar-refractivity contribution >= 4 is 9.73 Å². The van der Waals surface area contributed by atoms with Gasteiger partial charge in [0.05, 0.1) is 19.8 Å². The minimum atomic E-state index is -2.35. The Balaban J connectivity index is 2.50. The van der Waals surface area contributed by atoms with Gasteiger partial charge >= 0.3 is 0 Å². The molecule has 0 aromatic rings. The maximum Gasteiger partial charge on any atom is 0.133 e. The van der Waals surface area contributed by atoms with Gasteiger partial charge in [-0.2, -0.15) is 0 Å². The molecule has 0 saturated carbocycles. The van der Waals surface area contributed by atoms with Gasteiger partial charge in [0.1, 0.15) is 25.0 Å². The van der Waals surface area contributed by atoms with Gasteiger partial charge in [-0.25, -0.2) is 14.1 Å². The first-order valence-electron chi connectivity index (χ1n) is 5.85. The molecule has 1 saturated heterocycles. The molecule has 1 aliphatic heterocycles. The van der Waals surface area contributed by atoms with Crippen LogP contribution in [-0.2, 0) is 24.2 Å². The highest BCUT2D eigenvalue weighted by Crippen LogP contribution is 2.18. The van der Waals surface area contributed by atoms with Crippen molar-refractivity contribution < 1.29 is 28.9 Å². The summed E-state index contributed by atoms with van der Waals surface area (Å²) in [5.74, 6) is 0. The number of hydrogen-bond donors (Lipinski definition) is 3. The number of nitrogens with one attached hydrogen (secondary N) is 1.